The highest BCUT2D eigenvalue weighted by Crippen LogP contribution is 2.27. The van der Waals surface area contributed by atoms with Gasteiger partial charge in [0.1, 0.15) is 0 Å². The van der Waals surface area contributed by atoms with Crippen LogP contribution in [0.15, 0.2) is 88.0 Å². The van der Waals surface area contributed by atoms with Gasteiger partial charge in [-0.25, -0.2) is 4.98 Å². The van der Waals surface area contributed by atoms with Crippen LogP contribution in [0.2, 0.25) is 0 Å². The summed E-state index contributed by atoms with van der Waals surface area (Å²) in [7, 11) is 0. The lowest BCUT2D eigenvalue weighted by Crippen LogP contribution is -2.23. The molecule has 0 saturated carbocycles. The third kappa shape index (κ3) is 4.29. The van der Waals surface area contributed by atoms with Gasteiger partial charge in [0.2, 0.25) is 0 Å². The Bertz CT molecular complexity index is 1460. The Balaban J connectivity index is 1.32. The van der Waals surface area contributed by atoms with Gasteiger partial charge in [0.25, 0.3) is 17.5 Å². The fraction of sp³-hybridized carbons (Fsp3) is 0.0769. The van der Waals surface area contributed by atoms with Gasteiger partial charge in [0.15, 0.2) is 5.76 Å². The molecule has 34 heavy (non-hydrogen) atoms. The minimum absolute atomic E-state index is 0.235. The van der Waals surface area contributed by atoms with E-state index in [0.29, 0.717) is 40.3 Å². The van der Waals surface area contributed by atoms with Crippen molar-refractivity contribution in [1.29, 1.82) is 0 Å². The highest BCUT2D eigenvalue weighted by atomic mass is 16.5. The maximum absolute atomic E-state index is 13.1. The van der Waals surface area contributed by atoms with Gasteiger partial charge in [0, 0.05) is 17.8 Å². The minimum Gasteiger partial charge on any atom is -0.459 e. The standard InChI is InChI=1S/C26H20N4O4/c1-16-23-20(14-21(29-26(23)34-30-16)18-6-3-2-4-7-18)24(31)27-15-17-9-11-19(12-10-17)28-25(32)22-8-5-13-33-22/h2-14H,15H2,1H3,(H,27,31)(H,28,32). The van der Waals surface area contributed by atoms with Crippen molar-refractivity contribution in [3.8, 4) is 11.3 Å². The second-order valence-electron chi connectivity index (χ2n) is 7.68. The Morgan fingerprint density at radius 3 is 2.47 bits per heavy atom. The van der Waals surface area contributed by atoms with E-state index in [2.05, 4.69) is 20.8 Å². The van der Waals surface area contributed by atoms with Crippen molar-refractivity contribution in [2.75, 3.05) is 5.32 Å². The number of carbonyl (C=O) groups is 2. The van der Waals surface area contributed by atoms with E-state index in [-0.39, 0.29) is 17.6 Å². The van der Waals surface area contributed by atoms with E-state index in [9.17, 15) is 9.59 Å². The van der Waals surface area contributed by atoms with Gasteiger partial charge < -0.3 is 19.6 Å². The molecule has 8 nitrogen and oxygen atoms in total. The molecular formula is C26H20N4O4. The van der Waals surface area contributed by atoms with Crippen LogP contribution >= 0.6 is 0 Å². The fourth-order valence-corrected chi connectivity index (χ4v) is 3.61. The molecule has 2 N–H and O–H groups in total. The van der Waals surface area contributed by atoms with Gasteiger partial charge in [0.05, 0.1) is 28.6 Å². The molecule has 5 aromatic rings. The summed E-state index contributed by atoms with van der Waals surface area (Å²) in [5.74, 6) is -0.351. The van der Waals surface area contributed by atoms with Crippen LogP contribution in [0.25, 0.3) is 22.4 Å². The van der Waals surface area contributed by atoms with E-state index >= 15 is 0 Å². The number of furan rings is 1. The summed E-state index contributed by atoms with van der Waals surface area (Å²) < 4.78 is 10.4. The van der Waals surface area contributed by atoms with Gasteiger partial charge in [-0.3, -0.25) is 9.59 Å². The first-order chi connectivity index (χ1) is 16.6. The molecule has 0 saturated heterocycles. The molecule has 0 aliphatic heterocycles. The number of nitrogens with zero attached hydrogens (tertiary/aromatic N) is 2. The number of aromatic nitrogens is 2. The molecule has 2 amide bonds. The minimum atomic E-state index is -0.328. The number of aryl methyl sites for hydroxylation is 1. The van der Waals surface area contributed by atoms with Crippen LogP contribution in [0.3, 0.4) is 0 Å². The number of hydrogen-bond acceptors (Lipinski definition) is 6. The molecule has 3 heterocycles. The van der Waals surface area contributed by atoms with Crippen molar-refractivity contribution in [2.45, 2.75) is 13.5 Å². The van der Waals surface area contributed by atoms with Crippen LogP contribution in [0.4, 0.5) is 5.69 Å². The SMILES string of the molecule is Cc1noc2nc(-c3ccccc3)cc(C(=O)NCc3ccc(NC(=O)c4ccco4)cc3)c12. The first kappa shape index (κ1) is 21.1. The summed E-state index contributed by atoms with van der Waals surface area (Å²) in [4.78, 5) is 29.8. The molecule has 5 rings (SSSR count). The summed E-state index contributed by atoms with van der Waals surface area (Å²) in [5.41, 5.74) is 4.38. The first-order valence-electron chi connectivity index (χ1n) is 10.6. The molecule has 0 aliphatic carbocycles. The summed E-state index contributed by atoms with van der Waals surface area (Å²) in [6.45, 7) is 2.09. The topological polar surface area (TPSA) is 110 Å². The van der Waals surface area contributed by atoms with Crippen molar-refractivity contribution in [2.24, 2.45) is 0 Å². The normalized spacial score (nSPS) is 10.9. The van der Waals surface area contributed by atoms with Gasteiger partial charge in [-0.2, -0.15) is 0 Å². The Hall–Kier alpha value is -4.72. The lowest BCUT2D eigenvalue weighted by molar-refractivity contribution is 0.0951. The van der Waals surface area contributed by atoms with Crippen LogP contribution in [0.5, 0.6) is 0 Å². The van der Waals surface area contributed by atoms with Crippen molar-refractivity contribution in [3.63, 3.8) is 0 Å². The lowest BCUT2D eigenvalue weighted by Gasteiger charge is -2.09. The highest BCUT2D eigenvalue weighted by Gasteiger charge is 2.19. The molecule has 8 heteroatoms. The van der Waals surface area contributed by atoms with Crippen molar-refractivity contribution >= 4 is 28.6 Å². The van der Waals surface area contributed by atoms with Crippen molar-refractivity contribution < 1.29 is 18.5 Å². The number of pyridine rings is 1. The van der Waals surface area contributed by atoms with Crippen LogP contribution in [0.1, 0.15) is 32.2 Å². The average molecular weight is 452 g/mol. The number of hydrogen-bond donors (Lipinski definition) is 2. The number of amides is 2. The predicted octanol–water partition coefficient (Wildman–Crippen LogP) is 4.97. The van der Waals surface area contributed by atoms with Crippen LogP contribution < -0.4 is 10.6 Å². The molecule has 0 unspecified atom stereocenters. The molecule has 168 valence electrons. The van der Waals surface area contributed by atoms with E-state index < -0.39 is 0 Å². The smallest absolute Gasteiger partial charge is 0.291 e. The number of benzene rings is 2. The maximum atomic E-state index is 13.1. The van der Waals surface area contributed by atoms with Gasteiger partial charge >= 0.3 is 0 Å². The molecule has 0 fully saturated rings. The zero-order chi connectivity index (χ0) is 23.5. The molecule has 0 atom stereocenters. The summed E-state index contributed by atoms with van der Waals surface area (Å²) in [5, 5.41) is 10.3. The van der Waals surface area contributed by atoms with Crippen LogP contribution in [0, 0.1) is 6.92 Å². The van der Waals surface area contributed by atoms with E-state index in [1.54, 1.807) is 37.3 Å². The van der Waals surface area contributed by atoms with E-state index in [1.165, 1.54) is 6.26 Å². The molecule has 0 aliphatic rings. The monoisotopic (exact) mass is 452 g/mol. The quantitative estimate of drug-likeness (QED) is 0.376. The number of nitrogens with one attached hydrogen (secondary N) is 2. The van der Waals surface area contributed by atoms with Crippen molar-refractivity contribution in [3.05, 3.63) is 102 Å². The second-order valence-corrected chi connectivity index (χ2v) is 7.68. The van der Waals surface area contributed by atoms with Crippen LogP contribution in [-0.2, 0) is 6.54 Å². The Kier molecular flexibility index (Phi) is 5.61. The highest BCUT2D eigenvalue weighted by molar-refractivity contribution is 6.07. The summed E-state index contributed by atoms with van der Waals surface area (Å²) in [6.07, 6.45) is 1.45. The summed E-state index contributed by atoms with van der Waals surface area (Å²) >= 11 is 0. The zero-order valence-corrected chi connectivity index (χ0v) is 18.2. The molecule has 0 spiro atoms. The second kappa shape index (κ2) is 9.03. The molecule has 0 bridgehead atoms. The average Bonchev–Trinajstić information content (AvgIpc) is 3.54. The largest absolute Gasteiger partial charge is 0.459 e. The first-order valence-corrected chi connectivity index (χ1v) is 10.6. The van der Waals surface area contributed by atoms with Crippen molar-refractivity contribution in [1.82, 2.24) is 15.5 Å². The third-order valence-corrected chi connectivity index (χ3v) is 5.34. The number of carbonyl (C=O) groups excluding carboxylic acids is 2. The van der Waals surface area contributed by atoms with Crippen LogP contribution in [-0.4, -0.2) is 22.0 Å². The number of anilines is 1. The van der Waals surface area contributed by atoms with E-state index in [4.69, 9.17) is 8.94 Å². The zero-order valence-electron chi connectivity index (χ0n) is 18.2. The Morgan fingerprint density at radius 1 is 0.941 bits per heavy atom. The van der Waals surface area contributed by atoms with E-state index in [0.717, 1.165) is 11.1 Å². The Morgan fingerprint density at radius 2 is 1.74 bits per heavy atom. The summed E-state index contributed by atoms with van der Waals surface area (Å²) in [6, 6.07) is 21.8. The lowest BCUT2D eigenvalue weighted by atomic mass is 10.0. The fourth-order valence-electron chi connectivity index (χ4n) is 3.61. The molecule has 0 radical (unpaired) electrons. The number of rotatable bonds is 6. The van der Waals surface area contributed by atoms with Gasteiger partial charge in [-0.1, -0.05) is 47.6 Å². The predicted molar refractivity (Wildman–Crippen MR) is 126 cm³/mol. The molecule has 3 aromatic heterocycles. The van der Waals surface area contributed by atoms with Gasteiger partial charge in [-0.15, -0.1) is 0 Å². The molecular weight excluding hydrogens is 432 g/mol. The molecule has 2 aromatic carbocycles. The van der Waals surface area contributed by atoms with Gasteiger partial charge in [-0.05, 0) is 42.8 Å². The third-order valence-electron chi connectivity index (χ3n) is 5.34. The number of fused-ring (bicyclic) bond motifs is 1. The maximum Gasteiger partial charge on any atom is 0.291 e. The van der Waals surface area contributed by atoms with E-state index in [1.807, 2.05) is 42.5 Å². The Labute approximate surface area is 194 Å².